The van der Waals surface area contributed by atoms with Gasteiger partial charge in [0.1, 0.15) is 11.2 Å². The number of benzene rings is 7. The van der Waals surface area contributed by atoms with Crippen molar-refractivity contribution in [3.63, 3.8) is 0 Å². The van der Waals surface area contributed by atoms with Gasteiger partial charge in [0.2, 0.25) is 0 Å². The Labute approximate surface area is 289 Å². The standard InChI is InChI=1S/C46H29N3O/c1-4-15-30(16-5-1)43-47-44(31-27-28-35-34-21-11-13-26-40(34)50-41(35)29-31)49-45(48-43)37-23-14-25-39-42(37)36-22-10-12-24-38(36)46(39,32-17-6-2-7-18-32)33-19-8-3-9-20-33/h1-29H. The molecule has 0 atom stereocenters. The fraction of sp³-hybridized carbons (Fsp3) is 0.0217. The number of para-hydroxylation sites is 1. The maximum absolute atomic E-state index is 6.28. The average Bonchev–Trinajstić information content (AvgIpc) is 3.72. The minimum atomic E-state index is -0.519. The van der Waals surface area contributed by atoms with Crippen molar-refractivity contribution < 1.29 is 4.42 Å². The van der Waals surface area contributed by atoms with Gasteiger partial charge >= 0.3 is 0 Å². The molecule has 2 aromatic heterocycles. The summed E-state index contributed by atoms with van der Waals surface area (Å²) in [5.74, 6) is 1.84. The van der Waals surface area contributed by atoms with Gasteiger partial charge in [0, 0.05) is 27.5 Å². The Bertz CT molecular complexity index is 2660. The van der Waals surface area contributed by atoms with Gasteiger partial charge in [-0.05, 0) is 51.6 Å². The van der Waals surface area contributed by atoms with Crippen molar-refractivity contribution in [2.24, 2.45) is 0 Å². The van der Waals surface area contributed by atoms with Crippen LogP contribution in [0.3, 0.4) is 0 Å². The second-order valence-corrected chi connectivity index (χ2v) is 12.7. The van der Waals surface area contributed by atoms with Crippen LogP contribution in [0.5, 0.6) is 0 Å². The molecule has 0 amide bonds. The number of rotatable bonds is 5. The highest BCUT2D eigenvalue weighted by molar-refractivity contribution is 6.05. The van der Waals surface area contributed by atoms with Crippen LogP contribution >= 0.6 is 0 Å². The fourth-order valence-corrected chi connectivity index (χ4v) is 7.89. The molecular weight excluding hydrogens is 611 g/mol. The molecule has 0 unspecified atom stereocenters. The minimum absolute atomic E-state index is 0.519. The highest BCUT2D eigenvalue weighted by atomic mass is 16.3. The lowest BCUT2D eigenvalue weighted by molar-refractivity contribution is 0.669. The van der Waals surface area contributed by atoms with Crippen LogP contribution in [-0.4, -0.2) is 15.0 Å². The maximum Gasteiger partial charge on any atom is 0.164 e. The lowest BCUT2D eigenvalue weighted by atomic mass is 9.67. The van der Waals surface area contributed by atoms with Crippen LogP contribution in [0.25, 0.3) is 67.2 Å². The third-order valence-corrected chi connectivity index (χ3v) is 10.0. The van der Waals surface area contributed by atoms with E-state index in [0.29, 0.717) is 17.5 Å². The second-order valence-electron chi connectivity index (χ2n) is 12.7. The van der Waals surface area contributed by atoms with Crippen molar-refractivity contribution in [2.75, 3.05) is 0 Å². The van der Waals surface area contributed by atoms with Crippen LogP contribution in [0.2, 0.25) is 0 Å². The first-order valence-electron chi connectivity index (χ1n) is 16.9. The van der Waals surface area contributed by atoms with Crippen LogP contribution in [0.4, 0.5) is 0 Å². The first-order valence-corrected chi connectivity index (χ1v) is 16.9. The van der Waals surface area contributed by atoms with Crippen molar-refractivity contribution in [3.05, 3.63) is 198 Å². The second kappa shape index (κ2) is 11.2. The molecule has 0 N–H and O–H groups in total. The number of hydrogen-bond acceptors (Lipinski definition) is 4. The lowest BCUT2D eigenvalue weighted by Crippen LogP contribution is -2.28. The van der Waals surface area contributed by atoms with E-state index in [2.05, 4.69) is 121 Å². The first kappa shape index (κ1) is 28.4. The van der Waals surface area contributed by atoms with Crippen molar-refractivity contribution in [2.45, 2.75) is 5.41 Å². The summed E-state index contributed by atoms with van der Waals surface area (Å²) in [6.45, 7) is 0. The summed E-state index contributed by atoms with van der Waals surface area (Å²) in [6.07, 6.45) is 0. The normalized spacial score (nSPS) is 13.0. The van der Waals surface area contributed by atoms with Crippen molar-refractivity contribution in [1.29, 1.82) is 0 Å². The summed E-state index contributed by atoms with van der Waals surface area (Å²) in [5, 5.41) is 2.16. The van der Waals surface area contributed by atoms with E-state index in [4.69, 9.17) is 19.4 Å². The molecule has 2 heterocycles. The summed E-state index contributed by atoms with van der Waals surface area (Å²) in [6, 6.07) is 61.5. The van der Waals surface area contributed by atoms with Gasteiger partial charge in [-0.3, -0.25) is 0 Å². The van der Waals surface area contributed by atoms with Gasteiger partial charge in [-0.1, -0.05) is 158 Å². The van der Waals surface area contributed by atoms with E-state index in [1.54, 1.807) is 0 Å². The summed E-state index contributed by atoms with van der Waals surface area (Å²) < 4.78 is 6.28. The Kier molecular flexibility index (Phi) is 6.36. The Morgan fingerprint density at radius 3 is 1.70 bits per heavy atom. The van der Waals surface area contributed by atoms with Gasteiger partial charge in [0.25, 0.3) is 0 Å². The van der Waals surface area contributed by atoms with E-state index in [-0.39, 0.29) is 0 Å². The summed E-state index contributed by atoms with van der Waals surface area (Å²) >= 11 is 0. The van der Waals surface area contributed by atoms with Gasteiger partial charge in [-0.15, -0.1) is 0 Å². The lowest BCUT2D eigenvalue weighted by Gasteiger charge is -2.33. The molecular formula is C46H29N3O. The number of nitrogens with zero attached hydrogens (tertiary/aromatic N) is 3. The molecule has 234 valence electrons. The molecule has 0 spiro atoms. The number of hydrogen-bond donors (Lipinski definition) is 0. The van der Waals surface area contributed by atoms with E-state index in [9.17, 15) is 0 Å². The quantitative estimate of drug-likeness (QED) is 0.188. The summed E-state index contributed by atoms with van der Waals surface area (Å²) in [7, 11) is 0. The molecule has 1 aliphatic rings. The predicted molar refractivity (Wildman–Crippen MR) is 201 cm³/mol. The van der Waals surface area contributed by atoms with Crippen LogP contribution in [0.15, 0.2) is 180 Å². The zero-order chi connectivity index (χ0) is 33.1. The zero-order valence-electron chi connectivity index (χ0n) is 27.0. The molecule has 0 fully saturated rings. The summed E-state index contributed by atoms with van der Waals surface area (Å²) in [4.78, 5) is 15.5. The summed E-state index contributed by atoms with van der Waals surface area (Å²) in [5.41, 5.74) is 11.1. The van der Waals surface area contributed by atoms with Crippen LogP contribution in [0, 0.1) is 0 Å². The molecule has 10 rings (SSSR count). The van der Waals surface area contributed by atoms with Crippen LogP contribution in [0.1, 0.15) is 22.3 Å². The Hall–Kier alpha value is -6.65. The zero-order valence-corrected chi connectivity index (χ0v) is 27.0. The van der Waals surface area contributed by atoms with Crippen molar-refractivity contribution in [1.82, 2.24) is 15.0 Å². The third kappa shape index (κ3) is 4.22. The molecule has 0 saturated carbocycles. The average molecular weight is 640 g/mol. The minimum Gasteiger partial charge on any atom is -0.456 e. The Morgan fingerprint density at radius 1 is 0.380 bits per heavy atom. The van der Waals surface area contributed by atoms with Crippen molar-refractivity contribution >= 4 is 21.9 Å². The van der Waals surface area contributed by atoms with Gasteiger partial charge in [-0.2, -0.15) is 0 Å². The monoisotopic (exact) mass is 639 g/mol. The number of aromatic nitrogens is 3. The fourth-order valence-electron chi connectivity index (χ4n) is 7.89. The molecule has 4 nitrogen and oxygen atoms in total. The molecule has 7 aromatic carbocycles. The van der Waals surface area contributed by atoms with Gasteiger partial charge in [0.15, 0.2) is 17.5 Å². The van der Waals surface area contributed by atoms with E-state index in [1.807, 2.05) is 54.6 Å². The van der Waals surface area contributed by atoms with Crippen LogP contribution in [-0.2, 0) is 5.41 Å². The molecule has 4 heteroatoms. The molecule has 0 radical (unpaired) electrons. The van der Waals surface area contributed by atoms with E-state index < -0.39 is 5.41 Å². The topological polar surface area (TPSA) is 51.8 Å². The van der Waals surface area contributed by atoms with Crippen LogP contribution < -0.4 is 0 Å². The smallest absolute Gasteiger partial charge is 0.164 e. The first-order chi connectivity index (χ1) is 24.8. The van der Waals surface area contributed by atoms with E-state index in [1.165, 1.54) is 27.8 Å². The van der Waals surface area contributed by atoms with Gasteiger partial charge in [-0.25, -0.2) is 15.0 Å². The largest absolute Gasteiger partial charge is 0.456 e. The predicted octanol–water partition coefficient (Wildman–Crippen LogP) is 11.1. The van der Waals surface area contributed by atoms with Crippen molar-refractivity contribution in [3.8, 4) is 45.3 Å². The number of furan rings is 1. The highest BCUT2D eigenvalue weighted by Gasteiger charge is 2.47. The molecule has 9 aromatic rings. The Morgan fingerprint density at radius 2 is 0.940 bits per heavy atom. The molecule has 1 aliphatic carbocycles. The molecule has 0 bridgehead atoms. The SMILES string of the molecule is c1ccc(-c2nc(-c3ccc4c(c3)oc3ccccc34)nc(-c3cccc4c3-c3ccccc3C4(c3ccccc3)c3ccccc3)n2)cc1. The number of fused-ring (bicyclic) bond motifs is 6. The van der Waals surface area contributed by atoms with E-state index >= 15 is 0 Å². The maximum atomic E-state index is 6.28. The van der Waals surface area contributed by atoms with E-state index in [0.717, 1.165) is 44.2 Å². The highest BCUT2D eigenvalue weighted by Crippen LogP contribution is 2.58. The molecule has 0 saturated heterocycles. The molecule has 0 aliphatic heterocycles. The Balaban J connectivity index is 1.25. The third-order valence-electron chi connectivity index (χ3n) is 10.0. The molecule has 50 heavy (non-hydrogen) atoms. The van der Waals surface area contributed by atoms with Gasteiger partial charge < -0.3 is 4.42 Å². The van der Waals surface area contributed by atoms with Gasteiger partial charge in [0.05, 0.1) is 5.41 Å².